The van der Waals surface area contributed by atoms with Crippen LogP contribution in [-0.2, 0) is 8.85 Å². The molecule has 0 aromatic carbocycles. The second-order valence-corrected chi connectivity index (χ2v) is 9.55. The Balaban J connectivity index is 2.36. The zero-order valence-corrected chi connectivity index (χ0v) is 11.2. The fourth-order valence-corrected chi connectivity index (χ4v) is 8.16. The molecule has 0 heterocycles. The predicted octanol–water partition coefficient (Wildman–Crippen LogP) is 3.24. The van der Waals surface area contributed by atoms with Gasteiger partial charge in [-0.2, -0.15) is 0 Å². The van der Waals surface area contributed by atoms with E-state index in [2.05, 4.69) is 26.0 Å². The van der Waals surface area contributed by atoms with Gasteiger partial charge >= 0.3 is 8.56 Å². The van der Waals surface area contributed by atoms with E-state index in [4.69, 9.17) is 8.85 Å². The van der Waals surface area contributed by atoms with Crippen molar-refractivity contribution in [1.82, 2.24) is 0 Å². The summed E-state index contributed by atoms with van der Waals surface area (Å²) in [5, 5.41) is 0.259. The van der Waals surface area contributed by atoms with Gasteiger partial charge in [0.2, 0.25) is 0 Å². The van der Waals surface area contributed by atoms with Crippen LogP contribution in [0.15, 0.2) is 12.2 Å². The average molecular weight is 226 g/mol. The maximum atomic E-state index is 5.92. The van der Waals surface area contributed by atoms with Gasteiger partial charge in [0.1, 0.15) is 0 Å². The van der Waals surface area contributed by atoms with E-state index in [-0.39, 0.29) is 5.04 Å². The first-order valence-electron chi connectivity index (χ1n) is 5.90. The highest BCUT2D eigenvalue weighted by atomic mass is 28.4. The molecule has 2 aliphatic carbocycles. The summed E-state index contributed by atoms with van der Waals surface area (Å²) in [4.78, 5) is 0. The standard InChI is InChI=1S/C12H22O2Si/c1-10(2)15(13-3,14-4)12-7-5-11(9-12)6-8-12/h5,7,10-11H,6,8-9H2,1-4H3. The van der Waals surface area contributed by atoms with E-state index in [9.17, 15) is 0 Å². The number of hydrogen-bond donors (Lipinski definition) is 0. The lowest BCUT2D eigenvalue weighted by Gasteiger charge is -2.43. The van der Waals surface area contributed by atoms with Crippen molar-refractivity contribution in [2.75, 3.05) is 14.2 Å². The third-order valence-corrected chi connectivity index (χ3v) is 9.08. The molecule has 0 saturated heterocycles. The molecule has 0 amide bonds. The normalized spacial score (nSPS) is 34.3. The summed E-state index contributed by atoms with van der Waals surface area (Å²) in [6.07, 6.45) is 8.64. The van der Waals surface area contributed by atoms with Gasteiger partial charge in [-0.25, -0.2) is 0 Å². The molecule has 0 spiro atoms. The molecule has 0 aliphatic heterocycles. The molecule has 2 unspecified atom stereocenters. The molecule has 0 N–H and O–H groups in total. The van der Waals surface area contributed by atoms with Gasteiger partial charge in [-0.3, -0.25) is 0 Å². The zero-order chi connectivity index (χ0) is 11.1. The number of allylic oxidation sites excluding steroid dienone is 2. The smallest absolute Gasteiger partial charge is 0.350 e. The van der Waals surface area contributed by atoms with Crippen molar-refractivity contribution in [2.45, 2.75) is 43.7 Å². The minimum absolute atomic E-state index is 0.259. The van der Waals surface area contributed by atoms with Gasteiger partial charge in [-0.05, 0) is 30.7 Å². The fraction of sp³-hybridized carbons (Fsp3) is 0.833. The third-order valence-electron chi connectivity index (χ3n) is 4.34. The van der Waals surface area contributed by atoms with Gasteiger partial charge in [0.05, 0.1) is 0 Å². The lowest BCUT2D eigenvalue weighted by Crippen LogP contribution is -2.52. The molecule has 0 aromatic rings. The Kier molecular flexibility index (Phi) is 2.82. The molecule has 1 fully saturated rings. The molecule has 3 heteroatoms. The van der Waals surface area contributed by atoms with E-state index in [0.717, 1.165) is 5.92 Å². The summed E-state index contributed by atoms with van der Waals surface area (Å²) < 4.78 is 11.8. The minimum atomic E-state index is -2.08. The van der Waals surface area contributed by atoms with Gasteiger partial charge in [-0.1, -0.05) is 26.0 Å². The summed E-state index contributed by atoms with van der Waals surface area (Å²) in [5.74, 6) is 0.793. The summed E-state index contributed by atoms with van der Waals surface area (Å²) >= 11 is 0. The van der Waals surface area contributed by atoms with Crippen LogP contribution in [0.1, 0.15) is 33.1 Å². The van der Waals surface area contributed by atoms with Crippen molar-refractivity contribution >= 4 is 8.56 Å². The van der Waals surface area contributed by atoms with Gasteiger partial charge in [-0.15, -0.1) is 0 Å². The molecule has 0 aromatic heterocycles. The van der Waals surface area contributed by atoms with Crippen LogP contribution < -0.4 is 0 Å². The van der Waals surface area contributed by atoms with Crippen molar-refractivity contribution in [3.8, 4) is 0 Å². The Morgan fingerprint density at radius 1 is 1.33 bits per heavy atom. The quantitative estimate of drug-likeness (QED) is 0.541. The van der Waals surface area contributed by atoms with Gasteiger partial charge in [0.15, 0.2) is 0 Å². The van der Waals surface area contributed by atoms with Crippen LogP contribution in [0.2, 0.25) is 10.6 Å². The lowest BCUT2D eigenvalue weighted by atomic mass is 10.1. The summed E-state index contributed by atoms with van der Waals surface area (Å²) in [5.41, 5.74) is 0.508. The van der Waals surface area contributed by atoms with Crippen molar-refractivity contribution in [2.24, 2.45) is 5.92 Å². The maximum absolute atomic E-state index is 5.92. The second kappa shape index (κ2) is 3.72. The summed E-state index contributed by atoms with van der Waals surface area (Å²) in [6.45, 7) is 4.49. The lowest BCUT2D eigenvalue weighted by molar-refractivity contribution is 0.204. The molecule has 2 rings (SSSR count). The molecule has 2 atom stereocenters. The second-order valence-electron chi connectivity index (χ2n) is 5.25. The Morgan fingerprint density at radius 3 is 2.27 bits per heavy atom. The van der Waals surface area contributed by atoms with E-state index >= 15 is 0 Å². The van der Waals surface area contributed by atoms with Crippen molar-refractivity contribution < 1.29 is 8.85 Å². The Bertz CT molecular complexity index is 271. The summed E-state index contributed by atoms with van der Waals surface area (Å²) in [7, 11) is 1.59. The Labute approximate surface area is 93.9 Å². The molecule has 2 nitrogen and oxygen atoms in total. The van der Waals surface area contributed by atoms with Crippen molar-refractivity contribution in [1.29, 1.82) is 0 Å². The molecule has 1 saturated carbocycles. The van der Waals surface area contributed by atoms with E-state index in [1.165, 1.54) is 19.3 Å². The molecular weight excluding hydrogens is 204 g/mol. The highest BCUT2D eigenvalue weighted by Gasteiger charge is 2.61. The van der Waals surface area contributed by atoms with Crippen LogP contribution in [0.25, 0.3) is 0 Å². The van der Waals surface area contributed by atoms with Gasteiger partial charge in [0, 0.05) is 19.3 Å². The third kappa shape index (κ3) is 1.36. The molecule has 86 valence electrons. The fourth-order valence-electron chi connectivity index (χ4n) is 3.72. The SMILES string of the molecule is CO[Si](OC)(C(C)C)C12C=CC(CC1)C2. The predicted molar refractivity (Wildman–Crippen MR) is 64.0 cm³/mol. The van der Waals surface area contributed by atoms with E-state index in [1.807, 2.05) is 14.2 Å². The van der Waals surface area contributed by atoms with Crippen LogP contribution in [0, 0.1) is 5.92 Å². The van der Waals surface area contributed by atoms with Gasteiger partial charge in [0.25, 0.3) is 0 Å². The Hall–Kier alpha value is -0.123. The van der Waals surface area contributed by atoms with E-state index in [1.54, 1.807) is 0 Å². The minimum Gasteiger partial charge on any atom is -0.397 e. The molecule has 2 aliphatic rings. The molecular formula is C12H22O2Si. The van der Waals surface area contributed by atoms with Crippen LogP contribution in [0.3, 0.4) is 0 Å². The molecule has 0 radical (unpaired) electrons. The van der Waals surface area contributed by atoms with Crippen LogP contribution in [-0.4, -0.2) is 22.8 Å². The van der Waals surface area contributed by atoms with E-state index < -0.39 is 8.56 Å². The highest BCUT2D eigenvalue weighted by molar-refractivity contribution is 6.72. The van der Waals surface area contributed by atoms with Gasteiger partial charge < -0.3 is 8.85 Å². The monoisotopic (exact) mass is 226 g/mol. The van der Waals surface area contributed by atoms with Crippen LogP contribution in [0.4, 0.5) is 0 Å². The van der Waals surface area contributed by atoms with Crippen LogP contribution in [0.5, 0.6) is 0 Å². The van der Waals surface area contributed by atoms with Crippen molar-refractivity contribution in [3.63, 3.8) is 0 Å². The van der Waals surface area contributed by atoms with Crippen molar-refractivity contribution in [3.05, 3.63) is 12.2 Å². The first kappa shape index (κ1) is 11.4. The average Bonchev–Trinajstić information content (AvgIpc) is 2.80. The number of hydrogen-bond acceptors (Lipinski definition) is 2. The zero-order valence-electron chi connectivity index (χ0n) is 10.2. The van der Waals surface area contributed by atoms with Crippen LogP contribution >= 0.6 is 0 Å². The van der Waals surface area contributed by atoms with E-state index in [0.29, 0.717) is 5.54 Å². The Morgan fingerprint density at radius 2 is 2.00 bits per heavy atom. The number of rotatable bonds is 4. The number of fused-ring (bicyclic) bond motifs is 2. The molecule has 2 bridgehead atoms. The molecule has 15 heavy (non-hydrogen) atoms. The summed E-state index contributed by atoms with van der Waals surface area (Å²) in [6, 6.07) is 0. The first-order valence-corrected chi connectivity index (χ1v) is 7.79. The topological polar surface area (TPSA) is 18.5 Å². The first-order chi connectivity index (χ1) is 7.10. The maximum Gasteiger partial charge on any atom is 0.350 e. The highest BCUT2D eigenvalue weighted by Crippen LogP contribution is 2.62. The largest absolute Gasteiger partial charge is 0.397 e.